The fourth-order valence-corrected chi connectivity index (χ4v) is 7.02. The van der Waals surface area contributed by atoms with E-state index >= 15 is 0 Å². The predicted molar refractivity (Wildman–Crippen MR) is 182 cm³/mol. The molecule has 47 heavy (non-hydrogen) atoms. The zero-order chi connectivity index (χ0) is 33.8. The van der Waals surface area contributed by atoms with Crippen molar-refractivity contribution in [3.63, 3.8) is 0 Å². The molecule has 260 valence electrons. The SMILES string of the molecule is C/C(=C\c1cc(F)cc(N2CCOCC2)c1)[C@@H](C=O)[C@@H](C)/C=C/[C@H](OC(=O)N1CCN(C2CCCC2)CC1)[C@@H](C)CC[C@@H](O)CC=O. The molecule has 0 aromatic heterocycles. The van der Waals surface area contributed by atoms with E-state index in [0.717, 1.165) is 30.6 Å². The topological polar surface area (TPSA) is 99.6 Å². The van der Waals surface area contributed by atoms with Crippen molar-refractivity contribution >= 4 is 30.4 Å². The smallest absolute Gasteiger partial charge is 0.410 e. The van der Waals surface area contributed by atoms with E-state index in [2.05, 4.69) is 9.80 Å². The van der Waals surface area contributed by atoms with E-state index in [1.165, 1.54) is 37.8 Å². The Balaban J connectivity index is 1.43. The summed E-state index contributed by atoms with van der Waals surface area (Å²) in [6.07, 6.45) is 11.6. The van der Waals surface area contributed by atoms with Crippen LogP contribution in [0.4, 0.5) is 14.9 Å². The van der Waals surface area contributed by atoms with Gasteiger partial charge in [-0.3, -0.25) is 4.90 Å². The average Bonchev–Trinajstić information content (AvgIpc) is 3.61. The molecular formula is C37H54FN3O6. The van der Waals surface area contributed by atoms with E-state index in [-0.39, 0.29) is 30.2 Å². The van der Waals surface area contributed by atoms with Crippen LogP contribution in [0.5, 0.6) is 0 Å². The number of benzene rings is 1. The van der Waals surface area contributed by atoms with Crippen LogP contribution in [0, 0.1) is 23.6 Å². The Bertz CT molecular complexity index is 1220. The molecule has 5 atom stereocenters. The molecule has 9 nitrogen and oxygen atoms in total. The highest BCUT2D eigenvalue weighted by Crippen LogP contribution is 2.28. The number of amides is 1. The number of hydrogen-bond donors (Lipinski definition) is 1. The third-order valence-electron chi connectivity index (χ3n) is 10.1. The minimum atomic E-state index is -0.739. The molecule has 1 N–H and O–H groups in total. The first-order valence-corrected chi connectivity index (χ1v) is 17.4. The average molecular weight is 656 g/mol. The summed E-state index contributed by atoms with van der Waals surface area (Å²) in [5.74, 6) is -1.15. The summed E-state index contributed by atoms with van der Waals surface area (Å²) in [4.78, 5) is 42.9. The van der Waals surface area contributed by atoms with Crippen molar-refractivity contribution in [2.75, 3.05) is 57.4 Å². The van der Waals surface area contributed by atoms with Gasteiger partial charge < -0.3 is 34.0 Å². The van der Waals surface area contributed by atoms with Crippen molar-refractivity contribution in [1.82, 2.24) is 9.80 Å². The molecule has 0 radical (unpaired) electrons. The van der Waals surface area contributed by atoms with Crippen LogP contribution in [0.15, 0.2) is 35.9 Å². The highest BCUT2D eigenvalue weighted by atomic mass is 19.1. The van der Waals surface area contributed by atoms with Gasteiger partial charge in [0.25, 0.3) is 0 Å². The maximum atomic E-state index is 14.6. The molecule has 4 rings (SSSR count). The van der Waals surface area contributed by atoms with Gasteiger partial charge in [0.1, 0.15) is 24.5 Å². The fourth-order valence-electron chi connectivity index (χ4n) is 7.02. The van der Waals surface area contributed by atoms with Crippen molar-refractivity contribution in [1.29, 1.82) is 0 Å². The molecule has 2 heterocycles. The molecule has 0 unspecified atom stereocenters. The van der Waals surface area contributed by atoms with Gasteiger partial charge in [0, 0.05) is 63.3 Å². The van der Waals surface area contributed by atoms with Crippen molar-refractivity contribution in [2.45, 2.75) is 84.0 Å². The van der Waals surface area contributed by atoms with Crippen LogP contribution in [0.25, 0.3) is 6.08 Å². The highest BCUT2D eigenvalue weighted by Gasteiger charge is 2.30. The standard InChI is InChI=1S/C37H54FN3O6/c1-27(35(26-43)29(3)22-30-23-31(38)25-33(24-30)40-17-20-46-21-18-40)9-11-36(28(2)8-10-34(44)12-19-42)47-37(45)41-15-13-39(14-16-41)32-6-4-5-7-32/h9,11,19,22-28,32,34-36,44H,4-8,10,12-18,20-21H2,1-3H3/b11-9+,29-22+/t27-,28-,34+,35-,36-/m0/s1. The van der Waals surface area contributed by atoms with E-state index in [1.54, 1.807) is 4.90 Å². The second-order valence-corrected chi connectivity index (χ2v) is 13.6. The van der Waals surface area contributed by atoms with Gasteiger partial charge >= 0.3 is 6.09 Å². The van der Waals surface area contributed by atoms with Crippen molar-refractivity contribution in [3.05, 3.63) is 47.3 Å². The van der Waals surface area contributed by atoms with Gasteiger partial charge in [-0.2, -0.15) is 0 Å². The Hall–Kier alpha value is -3.08. The summed E-state index contributed by atoms with van der Waals surface area (Å²) < 4.78 is 26.1. The predicted octanol–water partition coefficient (Wildman–Crippen LogP) is 5.50. The lowest BCUT2D eigenvalue weighted by Gasteiger charge is -2.38. The third-order valence-corrected chi connectivity index (χ3v) is 10.1. The molecular weight excluding hydrogens is 601 g/mol. The van der Waals surface area contributed by atoms with E-state index < -0.39 is 18.1 Å². The Morgan fingerprint density at radius 1 is 1.02 bits per heavy atom. The molecule has 2 saturated heterocycles. The minimum absolute atomic E-state index is 0.0706. The number of hydrogen-bond acceptors (Lipinski definition) is 8. The lowest BCUT2D eigenvalue weighted by atomic mass is 9.86. The molecule has 1 aromatic carbocycles. The summed E-state index contributed by atoms with van der Waals surface area (Å²) in [7, 11) is 0. The second-order valence-electron chi connectivity index (χ2n) is 13.6. The zero-order valence-corrected chi connectivity index (χ0v) is 28.4. The molecule has 2 aliphatic heterocycles. The van der Waals surface area contributed by atoms with Crippen LogP contribution in [-0.4, -0.2) is 104 Å². The molecule has 1 saturated carbocycles. The molecule has 0 spiro atoms. The maximum Gasteiger partial charge on any atom is 0.410 e. The summed E-state index contributed by atoms with van der Waals surface area (Å²) in [5, 5.41) is 10.1. The Labute approximate surface area is 279 Å². The normalized spacial score (nSPS) is 21.8. The zero-order valence-electron chi connectivity index (χ0n) is 28.4. The van der Waals surface area contributed by atoms with Gasteiger partial charge in [-0.15, -0.1) is 0 Å². The van der Waals surface area contributed by atoms with Gasteiger partial charge in [-0.1, -0.05) is 44.4 Å². The number of morpholine rings is 1. The number of halogens is 1. The Morgan fingerprint density at radius 2 is 1.72 bits per heavy atom. The molecule has 1 amide bonds. The van der Waals surface area contributed by atoms with Gasteiger partial charge in [0.15, 0.2) is 0 Å². The Morgan fingerprint density at radius 3 is 2.38 bits per heavy atom. The Kier molecular flexibility index (Phi) is 14.4. The number of aldehydes is 2. The van der Waals surface area contributed by atoms with Crippen LogP contribution in [0.3, 0.4) is 0 Å². The van der Waals surface area contributed by atoms with E-state index in [9.17, 15) is 23.9 Å². The summed E-state index contributed by atoms with van der Waals surface area (Å²) in [6.45, 7) is 11.3. The fraction of sp³-hybridized carbons (Fsp3) is 0.649. The van der Waals surface area contributed by atoms with Crippen LogP contribution < -0.4 is 4.90 Å². The molecule has 0 bridgehead atoms. The number of piperazine rings is 1. The summed E-state index contributed by atoms with van der Waals surface area (Å²) in [5.41, 5.74) is 2.28. The van der Waals surface area contributed by atoms with E-state index in [1.807, 2.05) is 45.1 Å². The monoisotopic (exact) mass is 655 g/mol. The molecule has 10 heteroatoms. The van der Waals surface area contributed by atoms with Crippen molar-refractivity contribution in [2.24, 2.45) is 17.8 Å². The lowest BCUT2D eigenvalue weighted by molar-refractivity contribution is -0.111. The van der Waals surface area contributed by atoms with Crippen molar-refractivity contribution < 1.29 is 33.4 Å². The van der Waals surface area contributed by atoms with Gasteiger partial charge in [0.2, 0.25) is 0 Å². The summed E-state index contributed by atoms with van der Waals surface area (Å²) >= 11 is 0. The van der Waals surface area contributed by atoms with Crippen LogP contribution >= 0.6 is 0 Å². The van der Waals surface area contributed by atoms with Gasteiger partial charge in [0.05, 0.1) is 19.3 Å². The van der Waals surface area contributed by atoms with Crippen LogP contribution in [-0.2, 0) is 19.1 Å². The van der Waals surface area contributed by atoms with Crippen LogP contribution in [0.2, 0.25) is 0 Å². The first-order chi connectivity index (χ1) is 22.7. The maximum absolute atomic E-state index is 14.6. The minimum Gasteiger partial charge on any atom is -0.442 e. The molecule has 1 aromatic rings. The molecule has 3 aliphatic rings. The summed E-state index contributed by atoms with van der Waals surface area (Å²) in [6, 6.07) is 5.56. The first-order valence-electron chi connectivity index (χ1n) is 17.4. The number of anilines is 1. The number of aliphatic hydroxyl groups is 1. The number of ether oxygens (including phenoxy) is 2. The highest BCUT2D eigenvalue weighted by molar-refractivity contribution is 5.69. The molecule has 3 fully saturated rings. The number of carbonyl (C=O) groups is 3. The largest absolute Gasteiger partial charge is 0.442 e. The van der Waals surface area contributed by atoms with E-state index in [0.29, 0.717) is 70.1 Å². The first kappa shape index (κ1) is 36.8. The van der Waals surface area contributed by atoms with Gasteiger partial charge in [-0.25, -0.2) is 9.18 Å². The van der Waals surface area contributed by atoms with Gasteiger partial charge in [-0.05, 0) is 74.3 Å². The quantitative estimate of drug-likeness (QED) is 0.195. The number of rotatable bonds is 15. The number of nitrogens with zero attached hydrogens (tertiary/aromatic N) is 3. The van der Waals surface area contributed by atoms with E-state index in [4.69, 9.17) is 9.47 Å². The van der Waals surface area contributed by atoms with Crippen molar-refractivity contribution in [3.8, 4) is 0 Å². The molecule has 1 aliphatic carbocycles. The van der Waals surface area contributed by atoms with Crippen LogP contribution in [0.1, 0.15) is 71.3 Å². The number of allylic oxidation sites excluding steroid dienone is 2. The third kappa shape index (κ3) is 11.0. The lowest BCUT2D eigenvalue weighted by Crippen LogP contribution is -2.52. The number of aliphatic hydroxyl groups excluding tert-OH is 1. The number of carbonyl (C=O) groups excluding carboxylic acids is 3. The second kappa shape index (κ2) is 18.5.